The van der Waals surface area contributed by atoms with Crippen LogP contribution in [0.15, 0.2) is 0 Å². The third-order valence-corrected chi connectivity index (χ3v) is 4.99. The van der Waals surface area contributed by atoms with Gasteiger partial charge in [0.05, 0.1) is 5.60 Å². The molecule has 1 heteroatoms. The molecule has 22 heavy (non-hydrogen) atoms. The van der Waals surface area contributed by atoms with Crippen molar-refractivity contribution in [2.75, 3.05) is 0 Å². The zero-order valence-electron chi connectivity index (χ0n) is 16.0. The van der Waals surface area contributed by atoms with Crippen molar-refractivity contribution in [1.82, 2.24) is 0 Å². The Labute approximate surface area is 141 Å². The Bertz CT molecular complexity index is 200. The highest BCUT2D eigenvalue weighted by Crippen LogP contribution is 2.28. The van der Waals surface area contributed by atoms with E-state index in [9.17, 15) is 5.11 Å². The predicted octanol–water partition coefficient (Wildman–Crippen LogP) is 7.41. The molecule has 0 fully saturated rings. The summed E-state index contributed by atoms with van der Waals surface area (Å²) in [6, 6.07) is 0. The average molecular weight is 313 g/mol. The van der Waals surface area contributed by atoms with Gasteiger partial charge in [0, 0.05) is 0 Å². The van der Waals surface area contributed by atoms with Crippen molar-refractivity contribution >= 4 is 0 Å². The Morgan fingerprint density at radius 1 is 0.455 bits per heavy atom. The van der Waals surface area contributed by atoms with Crippen molar-refractivity contribution in [2.45, 2.75) is 136 Å². The zero-order valence-corrected chi connectivity index (χ0v) is 16.0. The van der Waals surface area contributed by atoms with E-state index in [1.807, 2.05) is 0 Å². The predicted molar refractivity (Wildman–Crippen MR) is 100 cm³/mol. The molecule has 1 nitrogen and oxygen atoms in total. The minimum Gasteiger partial charge on any atom is -0.390 e. The quantitative estimate of drug-likeness (QED) is 0.277. The van der Waals surface area contributed by atoms with E-state index in [4.69, 9.17) is 0 Å². The Morgan fingerprint density at radius 3 is 1.09 bits per heavy atom. The third-order valence-electron chi connectivity index (χ3n) is 4.99. The van der Waals surface area contributed by atoms with Gasteiger partial charge in [0.25, 0.3) is 0 Å². The summed E-state index contributed by atoms with van der Waals surface area (Å²) in [5.74, 6) is 0. The first-order valence-electron chi connectivity index (χ1n) is 10.4. The molecule has 0 rings (SSSR count). The van der Waals surface area contributed by atoms with Crippen LogP contribution in [-0.4, -0.2) is 10.7 Å². The molecule has 1 N–H and O–H groups in total. The molecule has 0 aliphatic heterocycles. The fourth-order valence-corrected chi connectivity index (χ4v) is 3.37. The minimum absolute atomic E-state index is 0.355. The van der Waals surface area contributed by atoms with Gasteiger partial charge in [-0.15, -0.1) is 0 Å². The fourth-order valence-electron chi connectivity index (χ4n) is 3.37. The van der Waals surface area contributed by atoms with E-state index in [0.29, 0.717) is 0 Å². The van der Waals surface area contributed by atoms with Crippen LogP contribution >= 0.6 is 0 Å². The van der Waals surface area contributed by atoms with E-state index >= 15 is 0 Å². The van der Waals surface area contributed by atoms with Crippen molar-refractivity contribution < 1.29 is 5.11 Å². The smallest absolute Gasteiger partial charge is 0.0647 e. The lowest BCUT2D eigenvalue weighted by Gasteiger charge is -2.28. The molecule has 0 aromatic heterocycles. The molecule has 0 atom stereocenters. The van der Waals surface area contributed by atoms with E-state index in [1.54, 1.807) is 0 Å². The van der Waals surface area contributed by atoms with Gasteiger partial charge >= 0.3 is 0 Å². The first kappa shape index (κ1) is 22.0. The van der Waals surface area contributed by atoms with Gasteiger partial charge in [0.15, 0.2) is 0 Å². The minimum atomic E-state index is -0.355. The van der Waals surface area contributed by atoms with Gasteiger partial charge in [-0.1, -0.05) is 111 Å². The van der Waals surface area contributed by atoms with Crippen molar-refractivity contribution in [3.8, 4) is 0 Å². The summed E-state index contributed by atoms with van der Waals surface area (Å²) in [4.78, 5) is 0. The van der Waals surface area contributed by atoms with Crippen molar-refractivity contribution in [1.29, 1.82) is 0 Å². The molecular formula is C21H44O. The molecule has 0 radical (unpaired) electrons. The van der Waals surface area contributed by atoms with Gasteiger partial charge in [-0.05, 0) is 19.3 Å². The molecule has 0 unspecified atom stereocenters. The topological polar surface area (TPSA) is 20.2 Å². The SMILES string of the molecule is CCCCCCCCC(O)(CCCCCC)CCCCCC. The standard InChI is InChI=1S/C21H44O/c1-4-7-10-13-14-17-20-21(22,18-15-11-8-5-2)19-16-12-9-6-3/h22H,4-20H2,1-3H3. The maximum absolute atomic E-state index is 11.0. The van der Waals surface area contributed by atoms with Crippen molar-refractivity contribution in [3.63, 3.8) is 0 Å². The van der Waals surface area contributed by atoms with Crippen LogP contribution in [0.1, 0.15) is 130 Å². The Kier molecular flexibility index (Phi) is 15.8. The maximum Gasteiger partial charge on any atom is 0.0647 e. The lowest BCUT2D eigenvalue weighted by Crippen LogP contribution is -2.28. The normalized spacial score (nSPS) is 12.0. The first-order chi connectivity index (χ1) is 10.7. The summed E-state index contributed by atoms with van der Waals surface area (Å²) in [6.07, 6.45) is 21.3. The molecule has 0 bridgehead atoms. The van der Waals surface area contributed by atoms with Crippen LogP contribution in [0.2, 0.25) is 0 Å². The molecule has 0 heterocycles. The average Bonchev–Trinajstić information content (AvgIpc) is 2.52. The van der Waals surface area contributed by atoms with E-state index in [0.717, 1.165) is 19.3 Å². The van der Waals surface area contributed by atoms with Crippen LogP contribution in [0.25, 0.3) is 0 Å². The lowest BCUT2D eigenvalue weighted by atomic mass is 9.85. The molecule has 0 aliphatic rings. The summed E-state index contributed by atoms with van der Waals surface area (Å²) in [5.41, 5.74) is -0.355. The van der Waals surface area contributed by atoms with E-state index in [1.165, 1.54) is 89.9 Å². The highest BCUT2D eigenvalue weighted by atomic mass is 16.3. The van der Waals surface area contributed by atoms with Crippen molar-refractivity contribution in [3.05, 3.63) is 0 Å². The molecule has 134 valence electrons. The summed E-state index contributed by atoms with van der Waals surface area (Å²) in [5, 5.41) is 11.0. The van der Waals surface area contributed by atoms with E-state index in [2.05, 4.69) is 20.8 Å². The van der Waals surface area contributed by atoms with Crippen LogP contribution in [0.3, 0.4) is 0 Å². The van der Waals surface area contributed by atoms with Crippen LogP contribution in [0.4, 0.5) is 0 Å². The van der Waals surface area contributed by atoms with E-state index in [-0.39, 0.29) is 5.60 Å². The second-order valence-electron chi connectivity index (χ2n) is 7.36. The Morgan fingerprint density at radius 2 is 0.727 bits per heavy atom. The lowest BCUT2D eigenvalue weighted by molar-refractivity contribution is 0.00709. The number of hydrogen-bond donors (Lipinski definition) is 1. The van der Waals surface area contributed by atoms with E-state index < -0.39 is 0 Å². The van der Waals surface area contributed by atoms with Crippen LogP contribution < -0.4 is 0 Å². The first-order valence-corrected chi connectivity index (χ1v) is 10.4. The van der Waals surface area contributed by atoms with Gasteiger partial charge < -0.3 is 5.11 Å². The molecule has 0 amide bonds. The molecule has 0 aliphatic carbocycles. The van der Waals surface area contributed by atoms with Crippen molar-refractivity contribution in [2.24, 2.45) is 0 Å². The van der Waals surface area contributed by atoms with Crippen LogP contribution in [0.5, 0.6) is 0 Å². The third kappa shape index (κ3) is 13.6. The molecular weight excluding hydrogens is 268 g/mol. The fraction of sp³-hybridized carbons (Fsp3) is 1.00. The van der Waals surface area contributed by atoms with Crippen LogP contribution in [-0.2, 0) is 0 Å². The molecule has 0 saturated carbocycles. The van der Waals surface area contributed by atoms with Gasteiger partial charge in [-0.2, -0.15) is 0 Å². The second-order valence-corrected chi connectivity index (χ2v) is 7.36. The zero-order chi connectivity index (χ0) is 16.5. The summed E-state index contributed by atoms with van der Waals surface area (Å²) in [7, 11) is 0. The number of aliphatic hydroxyl groups is 1. The summed E-state index contributed by atoms with van der Waals surface area (Å²) < 4.78 is 0. The van der Waals surface area contributed by atoms with Gasteiger partial charge in [0.2, 0.25) is 0 Å². The molecule has 0 aromatic carbocycles. The monoisotopic (exact) mass is 312 g/mol. The second kappa shape index (κ2) is 15.8. The largest absolute Gasteiger partial charge is 0.390 e. The number of hydrogen-bond acceptors (Lipinski definition) is 1. The molecule has 0 saturated heterocycles. The summed E-state index contributed by atoms with van der Waals surface area (Å²) >= 11 is 0. The molecule has 0 spiro atoms. The van der Waals surface area contributed by atoms with Gasteiger partial charge in [-0.25, -0.2) is 0 Å². The Balaban J connectivity index is 3.96. The molecule has 0 aromatic rings. The maximum atomic E-state index is 11.0. The van der Waals surface area contributed by atoms with Gasteiger partial charge in [-0.3, -0.25) is 0 Å². The summed E-state index contributed by atoms with van der Waals surface area (Å²) in [6.45, 7) is 6.78. The Hall–Kier alpha value is -0.0400. The number of unbranched alkanes of at least 4 members (excludes halogenated alkanes) is 11. The van der Waals surface area contributed by atoms with Gasteiger partial charge in [0.1, 0.15) is 0 Å². The highest BCUT2D eigenvalue weighted by molar-refractivity contribution is 4.78. The number of rotatable bonds is 17. The highest BCUT2D eigenvalue weighted by Gasteiger charge is 2.24. The van der Waals surface area contributed by atoms with Crippen LogP contribution in [0, 0.1) is 0 Å².